The molecule has 9 heteroatoms. The Morgan fingerprint density at radius 3 is 2.22 bits per heavy atom. The smallest absolute Gasteiger partial charge is 0.246 e. The average molecular weight is 690 g/mol. The lowest BCUT2D eigenvalue weighted by molar-refractivity contribution is -0.127. The molecule has 3 fully saturated rings. The summed E-state index contributed by atoms with van der Waals surface area (Å²) in [6, 6.07) is 27.6. The van der Waals surface area contributed by atoms with E-state index in [0.717, 1.165) is 11.1 Å². The van der Waals surface area contributed by atoms with Gasteiger partial charge in [-0.3, -0.25) is 24.1 Å². The van der Waals surface area contributed by atoms with E-state index in [1.54, 1.807) is 60.7 Å². The second kappa shape index (κ2) is 11.6. The van der Waals surface area contributed by atoms with Crippen LogP contribution in [0.2, 0.25) is 10.0 Å². The fourth-order valence-corrected chi connectivity index (χ4v) is 9.32. The molecule has 0 unspecified atom stereocenters. The maximum atomic E-state index is 15.3. The van der Waals surface area contributed by atoms with Gasteiger partial charge in [-0.05, 0) is 77.9 Å². The van der Waals surface area contributed by atoms with Crippen molar-refractivity contribution in [2.75, 3.05) is 9.80 Å². The molecule has 0 radical (unpaired) electrons. The molecule has 2 aliphatic heterocycles. The number of phenolic OH excluding ortho intramolecular Hbond substituents is 1. The zero-order valence-electron chi connectivity index (χ0n) is 26.1. The summed E-state index contributed by atoms with van der Waals surface area (Å²) in [5.41, 5.74) is 2.19. The van der Waals surface area contributed by atoms with Crippen LogP contribution in [-0.2, 0) is 24.6 Å². The summed E-state index contributed by atoms with van der Waals surface area (Å²) in [4.78, 5) is 61.0. The number of hydrogen-bond donors (Lipinski definition) is 1. The first-order valence-corrected chi connectivity index (χ1v) is 16.9. The number of rotatable bonds is 5. The van der Waals surface area contributed by atoms with Gasteiger partial charge in [-0.1, -0.05) is 102 Å². The van der Waals surface area contributed by atoms with Crippen molar-refractivity contribution in [3.05, 3.63) is 142 Å². The Bertz CT molecular complexity index is 2110. The monoisotopic (exact) mass is 688 g/mol. The molecule has 49 heavy (non-hydrogen) atoms. The Hall–Kier alpha value is -4.98. The number of fused-ring (bicyclic) bond motifs is 4. The molecule has 4 amide bonds. The minimum atomic E-state index is -1.46. The topological polar surface area (TPSA) is 95.0 Å². The summed E-state index contributed by atoms with van der Waals surface area (Å²) < 4.78 is 0. The van der Waals surface area contributed by atoms with Crippen molar-refractivity contribution in [1.82, 2.24) is 0 Å². The molecule has 8 rings (SSSR count). The van der Waals surface area contributed by atoms with Gasteiger partial charge in [-0.2, -0.15) is 0 Å². The number of nitrogens with zero attached hydrogens (tertiary/aromatic N) is 2. The molecule has 2 aliphatic carbocycles. The number of halogens is 2. The molecule has 4 aliphatic rings. The lowest BCUT2D eigenvalue weighted by Gasteiger charge is -2.51. The molecule has 1 saturated carbocycles. The fraction of sp³-hybridized carbons (Fsp3) is 0.200. The quantitative estimate of drug-likeness (QED) is 0.171. The average Bonchev–Trinajstić information content (AvgIpc) is 3.49. The van der Waals surface area contributed by atoms with Gasteiger partial charge in [0.2, 0.25) is 23.6 Å². The largest absolute Gasteiger partial charge is 0.508 e. The molecule has 4 aromatic rings. The van der Waals surface area contributed by atoms with Crippen LogP contribution >= 0.6 is 23.2 Å². The summed E-state index contributed by atoms with van der Waals surface area (Å²) in [5.74, 6) is -5.13. The van der Waals surface area contributed by atoms with Gasteiger partial charge in [0.1, 0.15) is 5.75 Å². The van der Waals surface area contributed by atoms with E-state index in [2.05, 4.69) is 6.58 Å². The molecule has 1 N–H and O–H groups in total. The maximum absolute atomic E-state index is 15.3. The zero-order chi connectivity index (χ0) is 34.2. The molecule has 0 bridgehead atoms. The van der Waals surface area contributed by atoms with Crippen LogP contribution in [0.5, 0.6) is 5.75 Å². The zero-order valence-corrected chi connectivity index (χ0v) is 27.6. The van der Waals surface area contributed by atoms with Crippen molar-refractivity contribution in [3.63, 3.8) is 0 Å². The lowest BCUT2D eigenvalue weighted by Crippen LogP contribution is -2.53. The molecule has 4 aromatic carbocycles. The van der Waals surface area contributed by atoms with E-state index < -0.39 is 46.8 Å². The Labute approximate surface area is 293 Å². The predicted molar refractivity (Wildman–Crippen MR) is 188 cm³/mol. The van der Waals surface area contributed by atoms with Crippen LogP contribution in [0.4, 0.5) is 11.4 Å². The first-order valence-electron chi connectivity index (χ1n) is 16.1. The number of imide groups is 2. The highest BCUT2D eigenvalue weighted by atomic mass is 35.5. The first kappa shape index (κ1) is 31.3. The van der Waals surface area contributed by atoms with E-state index >= 15 is 4.79 Å². The SMILES string of the molecule is C=Cc1ccc(N2C(=O)[C@H]3[C@H](CC=C4[C@H]3C[C@H]3C(=O)N(c5cccc(Cl)c5)C(=O)[C@@]3(c3ccccc3)[C@H]4c3ccc(O)cc3Cl)C2=O)cc1. The van der Waals surface area contributed by atoms with Gasteiger partial charge in [0.25, 0.3) is 0 Å². The van der Waals surface area contributed by atoms with E-state index in [9.17, 15) is 19.5 Å². The van der Waals surface area contributed by atoms with Crippen LogP contribution in [0.3, 0.4) is 0 Å². The number of amides is 4. The number of allylic oxidation sites excluding steroid dienone is 2. The Balaban J connectivity index is 1.34. The number of phenols is 1. The van der Waals surface area contributed by atoms with Crippen LogP contribution < -0.4 is 9.80 Å². The number of carbonyl (C=O) groups is 4. The van der Waals surface area contributed by atoms with Crippen molar-refractivity contribution in [1.29, 1.82) is 0 Å². The molecule has 2 heterocycles. The van der Waals surface area contributed by atoms with Gasteiger partial charge in [0.05, 0.1) is 34.5 Å². The van der Waals surface area contributed by atoms with Crippen LogP contribution in [0.15, 0.2) is 115 Å². The highest BCUT2D eigenvalue weighted by Crippen LogP contribution is 2.65. The summed E-state index contributed by atoms with van der Waals surface area (Å²) in [7, 11) is 0. The molecule has 244 valence electrons. The Morgan fingerprint density at radius 2 is 1.53 bits per heavy atom. The molecule has 0 spiro atoms. The summed E-state index contributed by atoms with van der Waals surface area (Å²) in [6.45, 7) is 3.79. The van der Waals surface area contributed by atoms with Gasteiger partial charge in [0, 0.05) is 16.0 Å². The number of benzene rings is 4. The third kappa shape index (κ3) is 4.49. The molecule has 2 saturated heterocycles. The number of hydrogen-bond acceptors (Lipinski definition) is 5. The Kier molecular flexibility index (Phi) is 7.39. The second-order valence-electron chi connectivity index (χ2n) is 13.1. The van der Waals surface area contributed by atoms with Gasteiger partial charge in [-0.25, -0.2) is 4.90 Å². The van der Waals surface area contributed by atoms with E-state index in [-0.39, 0.29) is 35.4 Å². The molecule has 6 atom stereocenters. The number of aromatic hydroxyl groups is 1. The standard InChI is InChI=1S/C40H30Cl2N2O5/c1-2-22-11-13-25(14-12-22)43-36(46)30-18-17-28-31(34(30)38(43)48)21-32-37(47)44(26-10-6-9-24(41)19-26)39(49)40(32,23-7-4-3-5-8-23)35(28)29-16-15-27(45)20-33(29)42/h2-17,19-20,30-32,34-35,45H,1,18,21H2/t30-,31+,32-,34-,35+,40+/m0/s1. The number of carbonyl (C=O) groups excluding carboxylic acids is 4. The van der Waals surface area contributed by atoms with Crippen molar-refractivity contribution >= 4 is 64.3 Å². The van der Waals surface area contributed by atoms with Crippen molar-refractivity contribution < 1.29 is 24.3 Å². The Morgan fingerprint density at radius 1 is 0.776 bits per heavy atom. The third-order valence-electron chi connectivity index (χ3n) is 10.8. The van der Waals surface area contributed by atoms with Crippen LogP contribution in [0.25, 0.3) is 6.08 Å². The van der Waals surface area contributed by atoms with E-state index in [4.69, 9.17) is 23.2 Å². The normalized spacial score (nSPS) is 27.5. The van der Waals surface area contributed by atoms with Crippen LogP contribution in [-0.4, -0.2) is 28.7 Å². The lowest BCUT2D eigenvalue weighted by atomic mass is 9.49. The molecule has 0 aromatic heterocycles. The van der Waals surface area contributed by atoms with Gasteiger partial charge >= 0.3 is 0 Å². The fourth-order valence-electron chi connectivity index (χ4n) is 8.85. The highest BCUT2D eigenvalue weighted by Gasteiger charge is 2.70. The highest BCUT2D eigenvalue weighted by molar-refractivity contribution is 6.33. The van der Waals surface area contributed by atoms with Gasteiger partial charge in [-0.15, -0.1) is 0 Å². The van der Waals surface area contributed by atoms with E-state index in [1.807, 2.05) is 36.4 Å². The minimum absolute atomic E-state index is 0.0480. The van der Waals surface area contributed by atoms with Gasteiger partial charge in [0.15, 0.2) is 0 Å². The number of anilines is 2. The molecular weight excluding hydrogens is 659 g/mol. The minimum Gasteiger partial charge on any atom is -0.508 e. The summed E-state index contributed by atoms with van der Waals surface area (Å²) in [6.07, 6.45) is 4.12. The molecule has 7 nitrogen and oxygen atoms in total. The maximum Gasteiger partial charge on any atom is 0.246 e. The molecular formula is C40H30Cl2N2O5. The summed E-state index contributed by atoms with van der Waals surface area (Å²) in [5, 5.41) is 11.0. The van der Waals surface area contributed by atoms with E-state index in [0.29, 0.717) is 27.5 Å². The first-order chi connectivity index (χ1) is 23.7. The summed E-state index contributed by atoms with van der Waals surface area (Å²) >= 11 is 13.3. The van der Waals surface area contributed by atoms with Gasteiger partial charge < -0.3 is 5.11 Å². The second-order valence-corrected chi connectivity index (χ2v) is 14.0. The van der Waals surface area contributed by atoms with Crippen molar-refractivity contribution in [2.45, 2.75) is 24.2 Å². The third-order valence-corrected chi connectivity index (χ3v) is 11.4. The van der Waals surface area contributed by atoms with Crippen LogP contribution in [0, 0.1) is 23.7 Å². The van der Waals surface area contributed by atoms with Crippen LogP contribution in [0.1, 0.15) is 35.4 Å². The van der Waals surface area contributed by atoms with Crippen molar-refractivity contribution in [3.8, 4) is 5.75 Å². The predicted octanol–water partition coefficient (Wildman–Crippen LogP) is 7.71. The van der Waals surface area contributed by atoms with Crippen molar-refractivity contribution in [2.24, 2.45) is 23.7 Å². The van der Waals surface area contributed by atoms with E-state index in [1.165, 1.54) is 21.9 Å².